The molecular weight excluding hydrogens is 385 g/mol. The Hall–Kier alpha value is -2.60. The number of benzene rings is 3. The molecule has 3 aromatic carbocycles. The van der Waals surface area contributed by atoms with E-state index in [0.717, 1.165) is 5.39 Å². The van der Waals surface area contributed by atoms with Gasteiger partial charge in [0.2, 0.25) is 0 Å². The van der Waals surface area contributed by atoms with E-state index in [1.165, 1.54) is 12.1 Å². The fourth-order valence-corrected chi connectivity index (χ4v) is 4.02. The Morgan fingerprint density at radius 2 is 1.71 bits per heavy atom. The summed E-state index contributed by atoms with van der Waals surface area (Å²) in [6.07, 6.45) is 1.83. The Kier molecular flexibility index (Phi) is 4.34. The Labute approximate surface area is 164 Å². The first-order valence-electron chi connectivity index (χ1n) is 8.66. The van der Waals surface area contributed by atoms with Crippen LogP contribution in [0.15, 0.2) is 65.6 Å². The van der Waals surface area contributed by atoms with E-state index >= 15 is 0 Å². The van der Waals surface area contributed by atoms with Crippen LogP contribution in [0.5, 0.6) is 11.5 Å². The highest BCUT2D eigenvalue weighted by atomic mass is 32.2. The van der Waals surface area contributed by atoms with Crippen LogP contribution in [0.3, 0.4) is 0 Å². The van der Waals surface area contributed by atoms with Gasteiger partial charge in [0.25, 0.3) is 0 Å². The van der Waals surface area contributed by atoms with E-state index < -0.39 is 11.1 Å². The number of aromatic hydroxyl groups is 1. The molecule has 4 rings (SSSR count). The number of hydrogen-bond donors (Lipinski definition) is 1. The van der Waals surface area contributed by atoms with E-state index in [2.05, 4.69) is 0 Å². The molecule has 1 heterocycles. The molecule has 0 saturated heterocycles. The Morgan fingerprint density at radius 3 is 2.46 bits per heavy atom. The molecule has 28 heavy (non-hydrogen) atoms. The normalized spacial score (nSPS) is 15.7. The second kappa shape index (κ2) is 6.48. The molecule has 0 bridgehead atoms. The van der Waals surface area contributed by atoms with E-state index in [1.807, 2.05) is 50.3 Å². The molecule has 3 aromatic rings. The molecule has 0 aromatic heterocycles. The van der Waals surface area contributed by atoms with Crippen molar-refractivity contribution in [3.63, 3.8) is 0 Å². The van der Waals surface area contributed by atoms with Crippen molar-refractivity contribution in [2.45, 2.75) is 29.9 Å². The Morgan fingerprint density at radius 1 is 0.964 bits per heavy atom. The summed E-state index contributed by atoms with van der Waals surface area (Å²) in [6, 6.07) is 15.5. The highest BCUT2D eigenvalue weighted by Crippen LogP contribution is 2.46. The maximum atomic E-state index is 12.8. The molecule has 0 fully saturated rings. The van der Waals surface area contributed by atoms with Crippen molar-refractivity contribution in [3.05, 3.63) is 71.8 Å². The second-order valence-electron chi connectivity index (χ2n) is 7.15. The molecule has 0 atom stereocenters. The maximum Gasteiger partial charge on any atom is 0.446 e. The minimum absolute atomic E-state index is 0.0701. The van der Waals surface area contributed by atoms with E-state index in [4.69, 9.17) is 4.74 Å². The summed E-state index contributed by atoms with van der Waals surface area (Å²) >= 11 is -0.168. The van der Waals surface area contributed by atoms with Gasteiger partial charge in [-0.1, -0.05) is 36.4 Å². The van der Waals surface area contributed by atoms with Gasteiger partial charge in [-0.2, -0.15) is 13.2 Å². The third-order valence-electron chi connectivity index (χ3n) is 4.53. The van der Waals surface area contributed by atoms with Crippen LogP contribution in [0.25, 0.3) is 16.3 Å². The summed E-state index contributed by atoms with van der Waals surface area (Å²) < 4.78 is 44.4. The van der Waals surface area contributed by atoms with Crippen LogP contribution < -0.4 is 4.74 Å². The number of halogens is 3. The van der Waals surface area contributed by atoms with Crippen LogP contribution in [0.2, 0.25) is 0 Å². The number of fused-ring (bicyclic) bond motifs is 2. The van der Waals surface area contributed by atoms with Crippen molar-refractivity contribution in [2.75, 3.05) is 0 Å². The number of thioether (sulfide) groups is 1. The van der Waals surface area contributed by atoms with Crippen LogP contribution in [-0.2, 0) is 0 Å². The summed E-state index contributed by atoms with van der Waals surface area (Å²) in [6.45, 7) is 3.73. The van der Waals surface area contributed by atoms with Gasteiger partial charge in [0.05, 0.1) is 0 Å². The number of phenols is 1. The minimum atomic E-state index is -4.38. The lowest BCUT2D eigenvalue weighted by molar-refractivity contribution is -0.0328. The molecule has 0 radical (unpaired) electrons. The average molecular weight is 402 g/mol. The molecule has 2 nitrogen and oxygen atoms in total. The molecular formula is C22H17F3O2S. The molecule has 1 N–H and O–H groups in total. The van der Waals surface area contributed by atoms with Gasteiger partial charge in [-0.3, -0.25) is 0 Å². The van der Waals surface area contributed by atoms with Crippen molar-refractivity contribution < 1.29 is 23.0 Å². The van der Waals surface area contributed by atoms with Gasteiger partial charge in [0, 0.05) is 21.4 Å². The molecule has 1 aliphatic rings. The van der Waals surface area contributed by atoms with Gasteiger partial charge < -0.3 is 9.84 Å². The molecule has 0 spiro atoms. The van der Waals surface area contributed by atoms with Crippen molar-refractivity contribution in [1.29, 1.82) is 0 Å². The summed E-state index contributed by atoms with van der Waals surface area (Å²) in [5, 5.41) is 12.5. The van der Waals surface area contributed by atoms with Crippen LogP contribution in [-0.4, -0.2) is 16.2 Å². The topological polar surface area (TPSA) is 29.5 Å². The van der Waals surface area contributed by atoms with E-state index in [-0.39, 0.29) is 22.4 Å². The third-order valence-corrected chi connectivity index (χ3v) is 5.25. The van der Waals surface area contributed by atoms with Crippen molar-refractivity contribution >= 4 is 28.1 Å². The molecule has 0 saturated carbocycles. The van der Waals surface area contributed by atoms with Gasteiger partial charge in [-0.15, -0.1) is 0 Å². The zero-order chi connectivity index (χ0) is 20.1. The number of alkyl halides is 3. The predicted octanol–water partition coefficient (Wildman–Crippen LogP) is 6.76. The van der Waals surface area contributed by atoms with Crippen LogP contribution >= 0.6 is 11.8 Å². The van der Waals surface area contributed by atoms with Crippen LogP contribution in [0, 0.1) is 0 Å². The summed E-state index contributed by atoms with van der Waals surface area (Å²) in [4.78, 5) is 0.0701. The minimum Gasteiger partial charge on any atom is -0.507 e. The van der Waals surface area contributed by atoms with Gasteiger partial charge >= 0.3 is 5.51 Å². The van der Waals surface area contributed by atoms with Crippen LogP contribution in [0.4, 0.5) is 13.2 Å². The van der Waals surface area contributed by atoms with Crippen LogP contribution in [0.1, 0.15) is 25.0 Å². The fourth-order valence-electron chi connectivity index (χ4n) is 3.44. The van der Waals surface area contributed by atoms with Gasteiger partial charge in [-0.05, 0) is 60.8 Å². The highest BCUT2D eigenvalue weighted by molar-refractivity contribution is 8.00. The number of hydrogen-bond acceptors (Lipinski definition) is 3. The number of ether oxygens (including phenoxy) is 1. The lowest BCUT2D eigenvalue weighted by Crippen LogP contribution is -2.29. The van der Waals surface area contributed by atoms with E-state index in [9.17, 15) is 18.3 Å². The molecule has 0 unspecified atom stereocenters. The molecule has 144 valence electrons. The lowest BCUT2D eigenvalue weighted by Gasteiger charge is -2.32. The highest BCUT2D eigenvalue weighted by Gasteiger charge is 2.32. The van der Waals surface area contributed by atoms with Gasteiger partial charge in [0.15, 0.2) is 0 Å². The van der Waals surface area contributed by atoms with E-state index in [1.54, 1.807) is 12.1 Å². The zero-order valence-corrected chi connectivity index (χ0v) is 16.0. The lowest BCUT2D eigenvalue weighted by atomic mass is 9.88. The summed E-state index contributed by atoms with van der Waals surface area (Å²) in [7, 11) is 0. The molecule has 6 heteroatoms. The van der Waals surface area contributed by atoms with Gasteiger partial charge in [0.1, 0.15) is 17.1 Å². The molecule has 0 aliphatic carbocycles. The zero-order valence-electron chi connectivity index (χ0n) is 15.2. The smallest absolute Gasteiger partial charge is 0.446 e. The van der Waals surface area contributed by atoms with Crippen molar-refractivity contribution in [3.8, 4) is 11.5 Å². The predicted molar refractivity (Wildman–Crippen MR) is 106 cm³/mol. The maximum absolute atomic E-state index is 12.8. The van der Waals surface area contributed by atoms with Gasteiger partial charge in [-0.25, -0.2) is 0 Å². The largest absolute Gasteiger partial charge is 0.507 e. The quantitative estimate of drug-likeness (QED) is 0.480. The molecule has 1 aliphatic heterocycles. The molecule has 0 amide bonds. The first-order chi connectivity index (χ1) is 13.1. The summed E-state index contributed by atoms with van der Waals surface area (Å²) in [5.74, 6) is 0.587. The number of phenolic OH excluding ortho intramolecular Hbond substituents is 1. The van der Waals surface area contributed by atoms with E-state index in [0.29, 0.717) is 27.8 Å². The average Bonchev–Trinajstić information content (AvgIpc) is 2.60. The summed E-state index contributed by atoms with van der Waals surface area (Å²) in [5.41, 5.74) is -3.30. The first kappa shape index (κ1) is 18.7. The van der Waals surface area contributed by atoms with Crippen molar-refractivity contribution in [1.82, 2.24) is 0 Å². The first-order valence-corrected chi connectivity index (χ1v) is 9.48. The fraction of sp³-hybridized carbons (Fsp3) is 0.182. The Balaban J connectivity index is 1.90. The standard InChI is InChI=1S/C22H17F3O2S/c1-21(2)12-18(16-9-7-13-5-3-4-6-15(13)20(16)26)17-11-14(28-22(23,24)25)8-10-19(17)27-21/h3-12,26H,1-2H3. The Bertz CT molecular complexity index is 1100. The second-order valence-corrected chi connectivity index (χ2v) is 8.29. The van der Waals surface area contributed by atoms with Crippen molar-refractivity contribution in [2.24, 2.45) is 0 Å². The SMILES string of the molecule is CC1(C)C=C(c2ccc3ccccc3c2O)c2cc(SC(F)(F)F)ccc2O1. The monoisotopic (exact) mass is 402 g/mol. The number of rotatable bonds is 2. The third kappa shape index (κ3) is 3.56.